The lowest BCUT2D eigenvalue weighted by molar-refractivity contribution is -0.0246. The average Bonchev–Trinajstić information content (AvgIpc) is 3.41. The van der Waals surface area contributed by atoms with Crippen LogP contribution < -0.4 is 5.32 Å². The third kappa shape index (κ3) is 3.89. The number of pyridine rings is 1. The summed E-state index contributed by atoms with van der Waals surface area (Å²) in [5, 5.41) is 12.6. The Hall–Kier alpha value is -2.95. The fraction of sp³-hybridized carbons (Fsp3) is 0.250. The molecule has 1 N–H and O–H groups in total. The molecule has 1 fully saturated rings. The van der Waals surface area contributed by atoms with Crippen molar-refractivity contribution in [3.63, 3.8) is 0 Å². The quantitative estimate of drug-likeness (QED) is 0.518. The van der Waals surface area contributed by atoms with Crippen LogP contribution in [0.1, 0.15) is 27.2 Å². The lowest BCUT2D eigenvalue weighted by Gasteiger charge is -2.32. The number of fused-ring (bicyclic) bond motifs is 1. The number of anilines is 2. The average molecular weight is 439 g/mol. The molecule has 5 rings (SSSR count). The van der Waals surface area contributed by atoms with E-state index >= 15 is 0 Å². The molecule has 1 aliphatic rings. The molecule has 0 aliphatic carbocycles. The Kier molecular flexibility index (Phi) is 5.11. The van der Waals surface area contributed by atoms with Crippen LogP contribution in [0.25, 0.3) is 10.2 Å². The van der Waals surface area contributed by atoms with Gasteiger partial charge in [0.25, 0.3) is 5.91 Å². The molecule has 0 saturated carbocycles. The van der Waals surface area contributed by atoms with Crippen molar-refractivity contribution < 1.29 is 9.53 Å². The van der Waals surface area contributed by atoms with Crippen LogP contribution >= 0.6 is 22.7 Å². The molecule has 10 heteroatoms. The zero-order chi connectivity index (χ0) is 20.5. The van der Waals surface area contributed by atoms with E-state index in [0.717, 1.165) is 20.9 Å². The van der Waals surface area contributed by atoms with Crippen molar-refractivity contribution in [2.45, 2.75) is 13.0 Å². The van der Waals surface area contributed by atoms with Crippen LogP contribution in [0.2, 0.25) is 0 Å². The van der Waals surface area contributed by atoms with Crippen LogP contribution in [-0.2, 0) is 4.74 Å². The summed E-state index contributed by atoms with van der Waals surface area (Å²) < 4.78 is 6.95. The molecule has 152 valence electrons. The monoisotopic (exact) mass is 438 g/mol. The second-order valence-electron chi connectivity index (χ2n) is 6.84. The molecular weight excluding hydrogens is 420 g/mol. The summed E-state index contributed by atoms with van der Waals surface area (Å²) in [5.74, 6) is 0.668. The van der Waals surface area contributed by atoms with Gasteiger partial charge in [-0.3, -0.25) is 4.79 Å². The fourth-order valence-electron chi connectivity index (χ4n) is 3.41. The summed E-state index contributed by atoms with van der Waals surface area (Å²) in [5.41, 5.74) is 4.03. The number of thiazole rings is 1. The number of hydrogen-bond acceptors (Lipinski definition) is 9. The van der Waals surface area contributed by atoms with Crippen LogP contribution in [0.4, 0.5) is 10.9 Å². The summed E-state index contributed by atoms with van der Waals surface area (Å²) in [6, 6.07) is 11.4. The van der Waals surface area contributed by atoms with Gasteiger partial charge in [-0.1, -0.05) is 17.4 Å². The molecule has 3 aromatic heterocycles. The van der Waals surface area contributed by atoms with E-state index in [1.807, 2.05) is 48.2 Å². The van der Waals surface area contributed by atoms with E-state index in [-0.39, 0.29) is 12.0 Å². The van der Waals surface area contributed by atoms with E-state index in [1.165, 1.54) is 11.3 Å². The number of ether oxygens (including phenoxy) is 1. The molecule has 0 bridgehead atoms. The van der Waals surface area contributed by atoms with E-state index < -0.39 is 0 Å². The van der Waals surface area contributed by atoms with Crippen LogP contribution in [-0.4, -0.2) is 50.7 Å². The van der Waals surface area contributed by atoms with Crippen LogP contribution in [0, 0.1) is 6.92 Å². The summed E-state index contributed by atoms with van der Waals surface area (Å²) in [6.07, 6.45) is -0.284. The maximum Gasteiger partial charge on any atom is 0.254 e. The highest BCUT2D eigenvalue weighted by atomic mass is 32.1. The van der Waals surface area contributed by atoms with Crippen molar-refractivity contribution in [1.29, 1.82) is 0 Å². The van der Waals surface area contributed by atoms with Gasteiger partial charge in [0.05, 0.1) is 34.1 Å². The predicted octanol–water partition coefficient (Wildman–Crippen LogP) is 3.81. The maximum absolute atomic E-state index is 13.1. The number of morpholine rings is 1. The molecule has 1 saturated heterocycles. The van der Waals surface area contributed by atoms with Gasteiger partial charge in [-0.05, 0) is 37.3 Å². The Morgan fingerprint density at radius 2 is 2.20 bits per heavy atom. The van der Waals surface area contributed by atoms with Gasteiger partial charge in [0, 0.05) is 12.1 Å². The van der Waals surface area contributed by atoms with Crippen molar-refractivity contribution >= 4 is 49.7 Å². The molecule has 8 nitrogen and oxygen atoms in total. The van der Waals surface area contributed by atoms with Gasteiger partial charge in [0.1, 0.15) is 17.4 Å². The van der Waals surface area contributed by atoms with E-state index in [9.17, 15) is 4.79 Å². The van der Waals surface area contributed by atoms with Crippen molar-refractivity contribution in [3.8, 4) is 0 Å². The highest BCUT2D eigenvalue weighted by Crippen LogP contribution is 2.26. The minimum absolute atomic E-state index is 0.000562. The number of hydrogen-bond donors (Lipinski definition) is 1. The van der Waals surface area contributed by atoms with E-state index in [2.05, 4.69) is 25.5 Å². The maximum atomic E-state index is 13.1. The summed E-state index contributed by atoms with van der Waals surface area (Å²) >= 11 is 3.00. The Morgan fingerprint density at radius 1 is 1.27 bits per heavy atom. The first-order chi connectivity index (χ1) is 14.7. The fourth-order valence-corrected chi connectivity index (χ4v) is 4.72. The summed E-state index contributed by atoms with van der Waals surface area (Å²) in [4.78, 5) is 24.0. The van der Waals surface area contributed by atoms with E-state index in [4.69, 9.17) is 4.74 Å². The van der Waals surface area contributed by atoms with Crippen molar-refractivity contribution in [2.75, 3.05) is 25.0 Å². The highest BCUT2D eigenvalue weighted by molar-refractivity contribution is 7.18. The topological polar surface area (TPSA) is 93.1 Å². The highest BCUT2D eigenvalue weighted by Gasteiger charge is 2.27. The Morgan fingerprint density at radius 3 is 3.07 bits per heavy atom. The molecular formula is C20H18N6O2S2. The first kappa shape index (κ1) is 19.0. The number of nitrogens with zero attached hydrogens (tertiary/aromatic N) is 5. The molecule has 1 aliphatic heterocycles. The van der Waals surface area contributed by atoms with Gasteiger partial charge < -0.3 is 15.0 Å². The molecule has 1 unspecified atom stereocenters. The van der Waals surface area contributed by atoms with Crippen molar-refractivity contribution in [2.24, 2.45) is 0 Å². The number of amides is 1. The normalized spacial score (nSPS) is 16.7. The van der Waals surface area contributed by atoms with Crippen molar-refractivity contribution in [3.05, 3.63) is 58.2 Å². The third-order valence-electron chi connectivity index (χ3n) is 4.79. The molecule has 1 amide bonds. The Bertz CT molecular complexity index is 1190. The molecule has 0 radical (unpaired) electrons. The number of carbonyl (C=O) groups excluding carboxylic acids is 1. The minimum Gasteiger partial charge on any atom is -0.368 e. The largest absolute Gasteiger partial charge is 0.368 e. The van der Waals surface area contributed by atoms with Crippen molar-refractivity contribution in [1.82, 2.24) is 25.1 Å². The number of benzene rings is 1. The lowest BCUT2D eigenvalue weighted by Crippen LogP contribution is -2.42. The lowest BCUT2D eigenvalue weighted by atomic mass is 10.1. The van der Waals surface area contributed by atoms with Crippen LogP contribution in [0.15, 0.2) is 41.9 Å². The zero-order valence-corrected chi connectivity index (χ0v) is 17.7. The minimum atomic E-state index is -0.284. The second kappa shape index (κ2) is 8.05. The van der Waals surface area contributed by atoms with Gasteiger partial charge in [-0.2, -0.15) is 0 Å². The first-order valence-corrected chi connectivity index (χ1v) is 11.1. The van der Waals surface area contributed by atoms with Crippen LogP contribution in [0.3, 0.4) is 0 Å². The number of aryl methyl sites for hydroxylation is 1. The molecule has 30 heavy (non-hydrogen) atoms. The third-order valence-corrected chi connectivity index (χ3v) is 6.33. The van der Waals surface area contributed by atoms with Crippen LogP contribution in [0.5, 0.6) is 0 Å². The number of rotatable bonds is 4. The van der Waals surface area contributed by atoms with Gasteiger partial charge in [-0.25, -0.2) is 9.97 Å². The number of carbonyl (C=O) groups is 1. The molecule has 4 heterocycles. The molecule has 1 aromatic carbocycles. The van der Waals surface area contributed by atoms with E-state index in [0.29, 0.717) is 36.2 Å². The van der Waals surface area contributed by atoms with E-state index in [1.54, 1.807) is 16.8 Å². The van der Waals surface area contributed by atoms with Gasteiger partial charge in [-0.15, -0.1) is 21.5 Å². The second-order valence-corrected chi connectivity index (χ2v) is 8.91. The standard InChI is InChI=1S/C20H18N6O2S2/c1-12-22-15-6-5-13(9-17(15)30-12)19(27)26-7-8-28-16(10-26)14-3-2-4-18(23-14)24-20-25-21-11-29-20/h2-6,9,11,16H,7-8,10H2,1H3,(H,23,24,25). The van der Waals surface area contributed by atoms with Gasteiger partial charge >= 0.3 is 0 Å². The number of nitrogens with one attached hydrogen (secondary N) is 1. The summed E-state index contributed by atoms with van der Waals surface area (Å²) in [6.45, 7) is 3.44. The molecule has 1 atom stereocenters. The number of aromatic nitrogens is 4. The smallest absolute Gasteiger partial charge is 0.254 e. The predicted molar refractivity (Wildman–Crippen MR) is 116 cm³/mol. The molecule has 4 aromatic rings. The molecule has 0 spiro atoms. The first-order valence-electron chi connectivity index (χ1n) is 9.44. The Labute approximate surface area is 180 Å². The van der Waals surface area contributed by atoms with Gasteiger partial charge in [0.15, 0.2) is 0 Å². The summed E-state index contributed by atoms with van der Waals surface area (Å²) in [7, 11) is 0. The zero-order valence-electron chi connectivity index (χ0n) is 16.1. The van der Waals surface area contributed by atoms with Gasteiger partial charge in [0.2, 0.25) is 5.13 Å². The SMILES string of the molecule is Cc1nc2ccc(C(=O)N3CCOC(c4cccc(Nc5nncs5)n4)C3)cc2s1. The Balaban J connectivity index is 1.33.